The molecule has 0 fully saturated rings. The van der Waals surface area contributed by atoms with Crippen LogP contribution in [0.4, 0.5) is 17.1 Å². The molecule has 0 saturated carbocycles. The third kappa shape index (κ3) is 5.20. The normalized spacial score (nSPS) is 11.6. The van der Waals surface area contributed by atoms with Gasteiger partial charge in [0.2, 0.25) is 0 Å². The molecule has 2 aromatic heterocycles. The molecule has 2 heterocycles. The summed E-state index contributed by atoms with van der Waals surface area (Å²) in [5, 5.41) is 7.17. The summed E-state index contributed by atoms with van der Waals surface area (Å²) >= 11 is 0. The minimum atomic E-state index is 0.868. The topological polar surface area (TPSA) is 21.3 Å². The number of para-hydroxylation sites is 2. The van der Waals surface area contributed by atoms with E-state index in [0.717, 1.165) is 55.8 Å². The van der Waals surface area contributed by atoms with Gasteiger partial charge in [-0.05, 0) is 106 Å². The molecule has 0 atom stereocenters. The predicted molar refractivity (Wildman–Crippen MR) is 231 cm³/mol. The monoisotopic (exact) mass is 702 g/mol. The van der Waals surface area contributed by atoms with Crippen LogP contribution in [-0.4, -0.2) is 4.57 Å². The number of anilines is 3. The van der Waals surface area contributed by atoms with Crippen LogP contribution in [0.1, 0.15) is 0 Å². The molecule has 0 radical (unpaired) electrons. The minimum absolute atomic E-state index is 0.868. The van der Waals surface area contributed by atoms with Gasteiger partial charge in [0.1, 0.15) is 11.2 Å². The highest BCUT2D eigenvalue weighted by molar-refractivity contribution is 6.15. The lowest BCUT2D eigenvalue weighted by molar-refractivity contribution is 0.669. The Kier molecular flexibility index (Phi) is 7.17. The van der Waals surface area contributed by atoms with Crippen molar-refractivity contribution >= 4 is 71.6 Å². The Morgan fingerprint density at radius 2 is 0.982 bits per heavy atom. The molecule has 55 heavy (non-hydrogen) atoms. The second-order valence-electron chi connectivity index (χ2n) is 14.2. The van der Waals surface area contributed by atoms with Crippen molar-refractivity contribution in [3.63, 3.8) is 0 Å². The lowest BCUT2D eigenvalue weighted by Crippen LogP contribution is -2.10. The van der Waals surface area contributed by atoms with Crippen molar-refractivity contribution in [2.24, 2.45) is 0 Å². The van der Waals surface area contributed by atoms with E-state index in [1.165, 1.54) is 43.7 Å². The van der Waals surface area contributed by atoms with E-state index in [9.17, 15) is 0 Å². The summed E-state index contributed by atoms with van der Waals surface area (Å²) in [6, 6.07) is 74.0. The highest BCUT2D eigenvalue weighted by Crippen LogP contribution is 2.44. The van der Waals surface area contributed by atoms with Crippen LogP contribution in [0.15, 0.2) is 211 Å². The largest absolute Gasteiger partial charge is 0.456 e. The van der Waals surface area contributed by atoms with Gasteiger partial charge in [0, 0.05) is 33.2 Å². The Hall–Kier alpha value is -7.36. The van der Waals surface area contributed by atoms with Crippen LogP contribution in [0.3, 0.4) is 0 Å². The minimum Gasteiger partial charge on any atom is -0.456 e. The maximum absolute atomic E-state index is 6.39. The zero-order valence-corrected chi connectivity index (χ0v) is 29.9. The first kappa shape index (κ1) is 31.2. The molecule has 0 N–H and O–H groups in total. The van der Waals surface area contributed by atoms with Gasteiger partial charge in [-0.3, -0.25) is 0 Å². The molecule has 0 amide bonds. The molecule has 0 aliphatic rings. The van der Waals surface area contributed by atoms with Gasteiger partial charge in [-0.15, -0.1) is 0 Å². The number of furan rings is 1. The zero-order valence-electron chi connectivity index (χ0n) is 29.9. The predicted octanol–water partition coefficient (Wildman–Crippen LogP) is 14.6. The van der Waals surface area contributed by atoms with Gasteiger partial charge >= 0.3 is 0 Å². The van der Waals surface area contributed by atoms with Crippen molar-refractivity contribution in [2.75, 3.05) is 4.90 Å². The van der Waals surface area contributed by atoms with Crippen LogP contribution in [0.25, 0.3) is 82.5 Å². The number of hydrogen-bond acceptors (Lipinski definition) is 2. The molecule has 0 bridgehead atoms. The molecule has 11 aromatic rings. The fourth-order valence-corrected chi connectivity index (χ4v) is 8.37. The van der Waals surface area contributed by atoms with Gasteiger partial charge < -0.3 is 13.9 Å². The summed E-state index contributed by atoms with van der Waals surface area (Å²) < 4.78 is 8.81. The number of rotatable bonds is 6. The van der Waals surface area contributed by atoms with Crippen molar-refractivity contribution in [1.29, 1.82) is 0 Å². The van der Waals surface area contributed by atoms with Crippen molar-refractivity contribution in [3.05, 3.63) is 206 Å². The smallest absolute Gasteiger partial charge is 0.137 e. The van der Waals surface area contributed by atoms with Gasteiger partial charge in [0.15, 0.2) is 0 Å². The summed E-state index contributed by atoms with van der Waals surface area (Å²) in [4.78, 5) is 2.37. The summed E-state index contributed by atoms with van der Waals surface area (Å²) in [5.41, 5.74) is 13.2. The van der Waals surface area contributed by atoms with Gasteiger partial charge in [0.05, 0.1) is 22.1 Å². The fraction of sp³-hybridized carbons (Fsp3) is 0. The van der Waals surface area contributed by atoms with Crippen LogP contribution >= 0.6 is 0 Å². The van der Waals surface area contributed by atoms with E-state index in [4.69, 9.17) is 4.42 Å². The van der Waals surface area contributed by atoms with Gasteiger partial charge in [-0.25, -0.2) is 0 Å². The summed E-state index contributed by atoms with van der Waals surface area (Å²) in [7, 11) is 0. The second-order valence-corrected chi connectivity index (χ2v) is 14.2. The quantitative estimate of drug-likeness (QED) is 0.172. The molecular formula is C52H34N2O. The number of nitrogens with zero attached hydrogens (tertiary/aromatic N) is 2. The van der Waals surface area contributed by atoms with Gasteiger partial charge in [0.25, 0.3) is 0 Å². The summed E-state index contributed by atoms with van der Waals surface area (Å²) in [6.07, 6.45) is 0. The van der Waals surface area contributed by atoms with Crippen LogP contribution in [0.2, 0.25) is 0 Å². The molecule has 11 rings (SSSR count). The molecule has 9 aromatic carbocycles. The van der Waals surface area contributed by atoms with Gasteiger partial charge in [-0.1, -0.05) is 133 Å². The Morgan fingerprint density at radius 3 is 1.82 bits per heavy atom. The van der Waals surface area contributed by atoms with Crippen LogP contribution < -0.4 is 4.90 Å². The number of fused-ring (bicyclic) bond motifs is 7. The first-order chi connectivity index (χ1) is 27.3. The number of benzene rings is 9. The van der Waals surface area contributed by atoms with Crippen LogP contribution in [-0.2, 0) is 0 Å². The van der Waals surface area contributed by atoms with Crippen molar-refractivity contribution in [3.8, 4) is 27.9 Å². The zero-order chi connectivity index (χ0) is 36.3. The molecule has 3 nitrogen and oxygen atoms in total. The van der Waals surface area contributed by atoms with Crippen LogP contribution in [0.5, 0.6) is 0 Å². The van der Waals surface area contributed by atoms with Crippen molar-refractivity contribution < 1.29 is 4.42 Å². The SMILES string of the molecule is c1ccc(-c2ccc(N(c3cccc(-c4ccc5c6cc7ccccc7cc6n(-c6ccccc6)c5c4)c3)c3cccc4oc5ccccc5c34)cc2)cc1. The molecule has 258 valence electrons. The van der Waals surface area contributed by atoms with Gasteiger partial charge in [-0.2, -0.15) is 0 Å². The molecule has 0 unspecified atom stereocenters. The molecular weight excluding hydrogens is 669 g/mol. The molecule has 0 saturated heterocycles. The summed E-state index contributed by atoms with van der Waals surface area (Å²) in [6.45, 7) is 0. The van der Waals surface area contributed by atoms with E-state index < -0.39 is 0 Å². The van der Waals surface area contributed by atoms with E-state index >= 15 is 0 Å². The molecule has 0 spiro atoms. The Balaban J connectivity index is 1.11. The van der Waals surface area contributed by atoms with Crippen LogP contribution in [0, 0.1) is 0 Å². The van der Waals surface area contributed by atoms with E-state index in [-0.39, 0.29) is 0 Å². The molecule has 0 aliphatic heterocycles. The number of aromatic nitrogens is 1. The Bertz CT molecular complexity index is 3190. The average Bonchev–Trinajstić information content (AvgIpc) is 3.79. The lowest BCUT2D eigenvalue weighted by atomic mass is 10.0. The first-order valence-corrected chi connectivity index (χ1v) is 18.8. The standard InChI is InChI=1S/C52H34N2O/c1-3-13-35(14-4-1)36-25-28-42(29-26-36)53(47-22-12-24-51-52(47)45-21-9-10-23-50(45)55-51)43-20-11-17-37(31-43)40-27-30-44-46-32-38-15-7-8-16-39(38)33-49(46)54(48(44)34-40)41-18-5-2-6-19-41/h1-34H. The molecule has 3 heteroatoms. The van der Waals surface area contributed by atoms with E-state index in [1.807, 2.05) is 12.1 Å². The van der Waals surface area contributed by atoms with E-state index in [2.05, 4.69) is 204 Å². The third-order valence-corrected chi connectivity index (χ3v) is 10.9. The summed E-state index contributed by atoms with van der Waals surface area (Å²) in [5.74, 6) is 0. The maximum Gasteiger partial charge on any atom is 0.137 e. The van der Waals surface area contributed by atoms with Crippen molar-refractivity contribution in [2.45, 2.75) is 0 Å². The molecule has 0 aliphatic carbocycles. The maximum atomic E-state index is 6.39. The lowest BCUT2D eigenvalue weighted by Gasteiger charge is -2.27. The Labute approximate surface area is 318 Å². The first-order valence-electron chi connectivity index (χ1n) is 18.8. The Morgan fingerprint density at radius 1 is 0.364 bits per heavy atom. The van der Waals surface area contributed by atoms with E-state index in [1.54, 1.807) is 0 Å². The highest BCUT2D eigenvalue weighted by atomic mass is 16.3. The van der Waals surface area contributed by atoms with E-state index in [0.29, 0.717) is 0 Å². The highest BCUT2D eigenvalue weighted by Gasteiger charge is 2.21. The second kappa shape index (κ2) is 12.6. The average molecular weight is 703 g/mol. The fourth-order valence-electron chi connectivity index (χ4n) is 8.37. The number of hydrogen-bond donors (Lipinski definition) is 0. The van der Waals surface area contributed by atoms with Crippen molar-refractivity contribution in [1.82, 2.24) is 4.57 Å². The third-order valence-electron chi connectivity index (χ3n) is 10.9.